The molecular weight excluding hydrogens is 1010 g/mol. The third kappa shape index (κ3) is 8.08. The third-order valence-electron chi connectivity index (χ3n) is 8.50. The summed E-state index contributed by atoms with van der Waals surface area (Å²) >= 11 is 5.44. The Morgan fingerprint density at radius 1 is 1.04 bits per heavy atom. The SMILES string of the molecule is C=CC(C)(C)OC(=O)C12CC3CC(CC(OC(=O)C(=O)Nc4c(I)cc(I)c(C(=O)OCCOC(=O)C(F)(F)S(=O)(=O)[O-])c4I)(C3)C1)C2. The number of carbonyl (C=O) groups excluding carboxylic acids is 5. The van der Waals surface area contributed by atoms with E-state index in [4.69, 9.17) is 14.2 Å². The van der Waals surface area contributed by atoms with Crippen LogP contribution in [0.5, 0.6) is 0 Å². The van der Waals surface area contributed by atoms with E-state index in [0.29, 0.717) is 32.8 Å². The van der Waals surface area contributed by atoms with Gasteiger partial charge in [-0.2, -0.15) is 8.78 Å². The van der Waals surface area contributed by atoms with Crippen LogP contribution < -0.4 is 5.32 Å². The Kier molecular flexibility index (Phi) is 11.5. The van der Waals surface area contributed by atoms with E-state index in [0.717, 1.165) is 6.42 Å². The first-order valence-electron chi connectivity index (χ1n) is 14.3. The first kappa shape index (κ1) is 39.1. The van der Waals surface area contributed by atoms with Crippen molar-refractivity contribution in [3.63, 3.8) is 0 Å². The maximum absolute atomic E-state index is 13.4. The zero-order valence-corrected chi connectivity index (χ0v) is 32.7. The lowest BCUT2D eigenvalue weighted by molar-refractivity contribution is -0.215. The number of carbonyl (C=O) groups is 5. The molecule has 0 aromatic heterocycles. The molecule has 0 aliphatic heterocycles. The summed E-state index contributed by atoms with van der Waals surface area (Å²) in [6.07, 6.45) is 4.89. The van der Waals surface area contributed by atoms with Crippen molar-refractivity contribution < 1.29 is 64.7 Å². The summed E-state index contributed by atoms with van der Waals surface area (Å²) in [5.41, 5.74) is -2.75. The molecule has 0 heterocycles. The molecule has 0 radical (unpaired) electrons. The molecule has 19 heteroatoms. The number of ether oxygens (including phenoxy) is 4. The average Bonchev–Trinajstić information content (AvgIpc) is 2.95. The Labute approximate surface area is 315 Å². The Balaban J connectivity index is 1.43. The van der Waals surface area contributed by atoms with Crippen LogP contribution in [0.15, 0.2) is 18.7 Å². The number of anilines is 1. The Morgan fingerprint density at radius 3 is 2.19 bits per heavy atom. The summed E-state index contributed by atoms with van der Waals surface area (Å²) in [5.74, 6) is -6.07. The molecule has 5 rings (SSSR count). The van der Waals surface area contributed by atoms with Gasteiger partial charge in [-0.15, -0.1) is 0 Å². The molecule has 1 amide bonds. The minimum atomic E-state index is -6.32. The summed E-state index contributed by atoms with van der Waals surface area (Å²) in [6, 6.07) is 1.50. The number of benzene rings is 1. The van der Waals surface area contributed by atoms with Crippen molar-refractivity contribution >= 4 is 113 Å². The van der Waals surface area contributed by atoms with Crippen molar-refractivity contribution in [1.82, 2.24) is 0 Å². The van der Waals surface area contributed by atoms with E-state index in [9.17, 15) is 45.7 Å². The number of nitrogens with one attached hydrogen (secondary N) is 1. The number of esters is 4. The molecule has 0 saturated heterocycles. The van der Waals surface area contributed by atoms with Crippen molar-refractivity contribution in [2.45, 2.75) is 68.8 Å². The second-order valence-electron chi connectivity index (χ2n) is 12.6. The molecule has 4 aliphatic rings. The first-order valence-corrected chi connectivity index (χ1v) is 19.0. The minimum absolute atomic E-state index is 0.0782. The smallest absolute Gasteiger partial charge is 0.428 e. The highest BCUT2D eigenvalue weighted by atomic mass is 127. The fourth-order valence-corrected chi connectivity index (χ4v) is 11.1. The molecular formula is C29H29F2I3NO12S-. The first-order chi connectivity index (χ1) is 22.1. The fourth-order valence-electron chi connectivity index (χ4n) is 6.75. The summed E-state index contributed by atoms with van der Waals surface area (Å²) in [7, 11) is -6.32. The summed E-state index contributed by atoms with van der Waals surface area (Å²) in [6.45, 7) is 5.41. The topological polar surface area (TPSA) is 192 Å². The quantitative estimate of drug-likeness (QED) is 0.0615. The highest BCUT2D eigenvalue weighted by Crippen LogP contribution is 2.63. The van der Waals surface area contributed by atoms with Gasteiger partial charge < -0.3 is 28.8 Å². The molecule has 4 bridgehead atoms. The van der Waals surface area contributed by atoms with Crippen LogP contribution in [0, 0.1) is 28.0 Å². The molecule has 264 valence electrons. The Bertz CT molecular complexity index is 1670. The van der Waals surface area contributed by atoms with Gasteiger partial charge in [0.1, 0.15) is 24.4 Å². The lowest BCUT2D eigenvalue weighted by Gasteiger charge is -2.59. The van der Waals surface area contributed by atoms with Crippen LogP contribution in [0.2, 0.25) is 0 Å². The maximum atomic E-state index is 13.4. The Hall–Kier alpha value is -1.73. The van der Waals surface area contributed by atoms with Crippen molar-refractivity contribution in [1.29, 1.82) is 0 Å². The van der Waals surface area contributed by atoms with E-state index in [1.807, 2.05) is 45.2 Å². The molecule has 1 aromatic rings. The zero-order valence-electron chi connectivity index (χ0n) is 25.4. The van der Waals surface area contributed by atoms with Gasteiger partial charge in [0.25, 0.3) is 0 Å². The van der Waals surface area contributed by atoms with E-state index < -0.39 is 69.0 Å². The monoisotopic (exact) mass is 1030 g/mol. The molecule has 4 fully saturated rings. The lowest BCUT2D eigenvalue weighted by atomic mass is 9.48. The predicted molar refractivity (Wildman–Crippen MR) is 185 cm³/mol. The van der Waals surface area contributed by atoms with E-state index in [1.54, 1.807) is 42.5 Å². The van der Waals surface area contributed by atoms with Gasteiger partial charge in [0.15, 0.2) is 10.1 Å². The van der Waals surface area contributed by atoms with E-state index in [2.05, 4.69) is 16.6 Å². The molecule has 1 N–H and O–H groups in total. The van der Waals surface area contributed by atoms with Crippen molar-refractivity contribution in [3.05, 3.63) is 35.0 Å². The summed E-state index contributed by atoms with van der Waals surface area (Å²) < 4.78 is 79.8. The molecule has 0 spiro atoms. The van der Waals surface area contributed by atoms with Gasteiger partial charge in [-0.3, -0.25) is 9.59 Å². The molecule has 2 unspecified atom stereocenters. The average molecular weight is 1030 g/mol. The van der Waals surface area contributed by atoms with Gasteiger partial charge >= 0.3 is 35.0 Å². The number of halogens is 5. The molecule has 2 atom stereocenters. The van der Waals surface area contributed by atoms with Gasteiger partial charge in [0, 0.05) is 13.6 Å². The summed E-state index contributed by atoms with van der Waals surface area (Å²) in [4.78, 5) is 64.0. The number of hydrogen-bond donors (Lipinski definition) is 1. The minimum Gasteiger partial charge on any atom is -0.743 e. The highest BCUT2D eigenvalue weighted by Gasteiger charge is 2.63. The highest BCUT2D eigenvalue weighted by molar-refractivity contribution is 14.1. The number of rotatable bonds is 11. The van der Waals surface area contributed by atoms with E-state index >= 15 is 0 Å². The van der Waals surface area contributed by atoms with Gasteiger partial charge in [0.05, 0.1) is 20.2 Å². The standard InChI is InChI=1S/C29H30F2I3NO12S/c1-4-26(2,3)47-24(39)27-9-14-7-15(10-27)12-28(11-14,13-27)46-23(38)21(36)35-20-17(33)8-16(32)18(19(20)34)22(37)44-5-6-45-25(40)29(30,31)48(41,42)43/h4,8,14-15H,1,5-7,9-13H2,2-3H3,(H,35,36)(H,41,42,43)/p-1. The second-order valence-corrected chi connectivity index (χ2v) is 17.4. The van der Waals surface area contributed by atoms with Gasteiger partial charge in [-0.05, 0) is 138 Å². The van der Waals surface area contributed by atoms with Crippen LogP contribution in [0.1, 0.15) is 62.7 Å². The van der Waals surface area contributed by atoms with Crippen molar-refractivity contribution in [3.8, 4) is 0 Å². The Morgan fingerprint density at radius 2 is 1.62 bits per heavy atom. The van der Waals surface area contributed by atoms with Crippen LogP contribution in [0.4, 0.5) is 14.5 Å². The van der Waals surface area contributed by atoms with Crippen LogP contribution in [-0.4, -0.2) is 72.4 Å². The largest absolute Gasteiger partial charge is 0.743 e. The van der Waals surface area contributed by atoms with Crippen LogP contribution in [0.25, 0.3) is 0 Å². The molecule has 1 aromatic carbocycles. The van der Waals surface area contributed by atoms with Crippen LogP contribution >= 0.6 is 67.8 Å². The second kappa shape index (κ2) is 14.1. The number of amides is 1. The van der Waals surface area contributed by atoms with E-state index in [1.165, 1.54) is 6.07 Å². The summed E-state index contributed by atoms with van der Waals surface area (Å²) in [5, 5.41) is -2.84. The molecule has 4 saturated carbocycles. The maximum Gasteiger partial charge on any atom is 0.428 e. The fraction of sp³-hybridized carbons (Fsp3) is 0.552. The van der Waals surface area contributed by atoms with Gasteiger partial charge in [0.2, 0.25) is 0 Å². The van der Waals surface area contributed by atoms with Gasteiger partial charge in [-0.1, -0.05) is 6.58 Å². The van der Waals surface area contributed by atoms with Crippen molar-refractivity contribution in [2.75, 3.05) is 18.5 Å². The normalized spacial score (nSPS) is 24.8. The number of alkyl halides is 2. The van der Waals surface area contributed by atoms with Crippen LogP contribution in [0.3, 0.4) is 0 Å². The molecule has 48 heavy (non-hydrogen) atoms. The zero-order chi connectivity index (χ0) is 36.0. The molecule has 13 nitrogen and oxygen atoms in total. The molecule has 4 aliphatic carbocycles. The number of hydrogen-bond acceptors (Lipinski definition) is 12. The van der Waals surface area contributed by atoms with Crippen molar-refractivity contribution in [2.24, 2.45) is 17.3 Å². The van der Waals surface area contributed by atoms with Crippen LogP contribution in [-0.2, 0) is 48.2 Å². The third-order valence-corrected chi connectivity index (χ3v) is 12.1. The lowest BCUT2D eigenvalue weighted by Crippen LogP contribution is -2.61. The van der Waals surface area contributed by atoms with E-state index in [-0.39, 0.29) is 39.0 Å². The predicted octanol–water partition coefficient (Wildman–Crippen LogP) is 4.67. The van der Waals surface area contributed by atoms with Gasteiger partial charge in [-0.25, -0.2) is 22.8 Å².